The van der Waals surface area contributed by atoms with E-state index in [0.29, 0.717) is 0 Å². The third-order valence-electron chi connectivity index (χ3n) is 0.1000. The molecule has 0 aliphatic rings. The number of hydrogen-bond acceptors (Lipinski definition) is 2. The second-order valence-electron chi connectivity index (χ2n) is 0.447. The molecule has 0 saturated heterocycles. The van der Waals surface area contributed by atoms with Crippen molar-refractivity contribution in [1.29, 1.82) is 0 Å². The molecule has 0 aliphatic heterocycles. The van der Waals surface area contributed by atoms with Crippen LogP contribution in [0.15, 0.2) is 0 Å². The molecule has 0 spiro atoms. The van der Waals surface area contributed by atoms with Crippen LogP contribution in [-0.2, 0) is 27.7 Å². The van der Waals surface area contributed by atoms with Gasteiger partial charge in [-0.3, -0.25) is 0 Å². The summed E-state index contributed by atoms with van der Waals surface area (Å²) in [7, 11) is 0. The topological polar surface area (TPSA) is 40.5 Å². The molecular weight excluding hydrogens is 257 g/mol. The first-order valence-electron chi connectivity index (χ1n) is 1.13. The summed E-state index contributed by atoms with van der Waals surface area (Å²) in [5.74, 6) is 0. The van der Waals surface area contributed by atoms with Gasteiger partial charge in [-0.15, -0.1) is 0 Å². The standard InChI is InChI=1S/C2H6O2.Hg/c3-1-2-4;/h3-4H,1-2H2;. The molecule has 0 bridgehead atoms. The Morgan fingerprint density at radius 3 is 1.20 bits per heavy atom. The summed E-state index contributed by atoms with van der Waals surface area (Å²) in [4.78, 5) is 0. The molecule has 0 aliphatic carbocycles. The van der Waals surface area contributed by atoms with Gasteiger partial charge in [0.2, 0.25) is 0 Å². The van der Waals surface area contributed by atoms with E-state index in [0.717, 1.165) is 0 Å². The van der Waals surface area contributed by atoms with Crippen LogP contribution >= 0.6 is 0 Å². The molecule has 2 N–H and O–H groups in total. The molecule has 0 unspecified atom stereocenters. The molecule has 3 heteroatoms. The molecule has 0 radical (unpaired) electrons. The molecule has 0 atom stereocenters. The summed E-state index contributed by atoms with van der Waals surface area (Å²) in [5.41, 5.74) is 0. The van der Waals surface area contributed by atoms with Crippen molar-refractivity contribution in [3.63, 3.8) is 0 Å². The van der Waals surface area contributed by atoms with Gasteiger partial charge in [-0.05, 0) is 0 Å². The Hall–Kier alpha value is 0.855. The van der Waals surface area contributed by atoms with Gasteiger partial charge in [-0.2, -0.15) is 0 Å². The minimum atomic E-state index is -0.125. The predicted molar refractivity (Wildman–Crippen MR) is 14.2 cm³/mol. The molecule has 28 valence electrons. The maximum atomic E-state index is 7.62. The average molecular weight is 263 g/mol. The Morgan fingerprint density at radius 2 is 1.20 bits per heavy atom. The Bertz CT molecular complexity index is 9.61. The number of hydrogen-bond donors (Lipinski definition) is 2. The monoisotopic (exact) mass is 264 g/mol. The van der Waals surface area contributed by atoms with Gasteiger partial charge in [0.1, 0.15) is 0 Å². The van der Waals surface area contributed by atoms with Gasteiger partial charge < -0.3 is 10.2 Å². The van der Waals surface area contributed by atoms with Gasteiger partial charge in [0.15, 0.2) is 0 Å². The molecule has 2 nitrogen and oxygen atoms in total. The molecule has 0 aromatic rings. The second-order valence-corrected chi connectivity index (χ2v) is 0.447. The van der Waals surface area contributed by atoms with Crippen LogP contribution < -0.4 is 0 Å². The van der Waals surface area contributed by atoms with E-state index in [1.165, 1.54) is 0 Å². The van der Waals surface area contributed by atoms with Gasteiger partial charge in [0, 0.05) is 27.7 Å². The summed E-state index contributed by atoms with van der Waals surface area (Å²) in [6, 6.07) is 0. The van der Waals surface area contributed by atoms with Crippen molar-refractivity contribution in [1.82, 2.24) is 0 Å². The molecule has 5 heavy (non-hydrogen) atoms. The summed E-state index contributed by atoms with van der Waals surface area (Å²) in [6.07, 6.45) is 0. The van der Waals surface area contributed by atoms with Crippen LogP contribution in [0.3, 0.4) is 0 Å². The largest absolute Gasteiger partial charge is 0.394 e. The SMILES string of the molecule is OCCO.[Hg]. The molecule has 0 amide bonds. The summed E-state index contributed by atoms with van der Waals surface area (Å²) < 4.78 is 0. The van der Waals surface area contributed by atoms with Gasteiger partial charge in [-0.25, -0.2) is 0 Å². The van der Waals surface area contributed by atoms with E-state index in [1.54, 1.807) is 0 Å². The molecule has 0 aromatic heterocycles. The smallest absolute Gasteiger partial charge is 0.0662 e. The minimum Gasteiger partial charge on any atom is -0.394 e. The van der Waals surface area contributed by atoms with Crippen LogP contribution in [0.2, 0.25) is 0 Å². The normalized spacial score (nSPS) is 6.00. The van der Waals surface area contributed by atoms with Crippen LogP contribution in [0.5, 0.6) is 0 Å². The van der Waals surface area contributed by atoms with Gasteiger partial charge in [-0.1, -0.05) is 0 Å². The fourth-order valence-corrected chi connectivity index (χ4v) is 0. The molecule has 0 rings (SSSR count). The zero-order valence-corrected chi connectivity index (χ0v) is 8.51. The van der Waals surface area contributed by atoms with Crippen molar-refractivity contribution in [3.8, 4) is 0 Å². The van der Waals surface area contributed by atoms with Crippen LogP contribution in [0, 0.1) is 0 Å². The van der Waals surface area contributed by atoms with Gasteiger partial charge in [0.05, 0.1) is 13.2 Å². The summed E-state index contributed by atoms with van der Waals surface area (Å²) in [6.45, 7) is -0.250. The number of aliphatic hydroxyl groups is 2. The Labute approximate surface area is 51.3 Å². The first kappa shape index (κ1) is 9.29. The van der Waals surface area contributed by atoms with Crippen LogP contribution in [0.1, 0.15) is 0 Å². The van der Waals surface area contributed by atoms with E-state index in [2.05, 4.69) is 0 Å². The zero-order chi connectivity index (χ0) is 3.41. The fraction of sp³-hybridized carbons (Fsp3) is 1.00. The Balaban J connectivity index is 0. The zero-order valence-electron chi connectivity index (χ0n) is 3.02. The van der Waals surface area contributed by atoms with E-state index in [4.69, 9.17) is 10.2 Å². The van der Waals surface area contributed by atoms with Crippen LogP contribution in [0.4, 0.5) is 0 Å². The van der Waals surface area contributed by atoms with Gasteiger partial charge in [0.25, 0.3) is 0 Å². The van der Waals surface area contributed by atoms with Crippen LogP contribution in [0.25, 0.3) is 0 Å². The van der Waals surface area contributed by atoms with E-state index >= 15 is 0 Å². The van der Waals surface area contributed by atoms with Crippen molar-refractivity contribution in [3.05, 3.63) is 0 Å². The molecule has 0 fully saturated rings. The predicted octanol–water partition coefficient (Wildman–Crippen LogP) is -1.03. The number of aliphatic hydroxyl groups excluding tert-OH is 2. The van der Waals surface area contributed by atoms with Crippen molar-refractivity contribution < 1.29 is 37.9 Å². The van der Waals surface area contributed by atoms with Crippen molar-refractivity contribution in [2.24, 2.45) is 0 Å². The summed E-state index contributed by atoms with van der Waals surface area (Å²) in [5, 5.41) is 15.2. The fourth-order valence-electron chi connectivity index (χ4n) is 0. The van der Waals surface area contributed by atoms with E-state index in [-0.39, 0.29) is 40.9 Å². The molecular formula is C2H6HgO2. The molecule has 0 aromatic carbocycles. The van der Waals surface area contributed by atoms with E-state index < -0.39 is 0 Å². The van der Waals surface area contributed by atoms with E-state index in [1.807, 2.05) is 0 Å². The van der Waals surface area contributed by atoms with Crippen molar-refractivity contribution >= 4 is 0 Å². The van der Waals surface area contributed by atoms with Crippen LogP contribution in [-0.4, -0.2) is 23.4 Å². The Morgan fingerprint density at radius 1 is 1.00 bits per heavy atom. The van der Waals surface area contributed by atoms with E-state index in [9.17, 15) is 0 Å². The average Bonchev–Trinajstić information content (AvgIpc) is 1.37. The molecule has 0 heterocycles. The molecule has 0 saturated carbocycles. The maximum Gasteiger partial charge on any atom is 0.0662 e. The van der Waals surface area contributed by atoms with Crippen molar-refractivity contribution in [2.75, 3.05) is 13.2 Å². The summed E-state index contributed by atoms with van der Waals surface area (Å²) >= 11 is 0. The quantitative estimate of drug-likeness (QED) is 0.593. The second kappa shape index (κ2) is 8.85. The Kier molecular flexibility index (Phi) is 16.4. The third-order valence-corrected chi connectivity index (χ3v) is 0.1000. The maximum absolute atomic E-state index is 7.62. The van der Waals surface area contributed by atoms with Gasteiger partial charge >= 0.3 is 0 Å². The number of rotatable bonds is 1. The minimum absolute atomic E-state index is 0. The van der Waals surface area contributed by atoms with Crippen molar-refractivity contribution in [2.45, 2.75) is 0 Å². The first-order chi connectivity index (χ1) is 1.91. The first-order valence-corrected chi connectivity index (χ1v) is 1.13. The third kappa shape index (κ3) is 11.5.